The van der Waals surface area contributed by atoms with E-state index in [-0.39, 0.29) is 23.4 Å². The molecular formula is C13H13BrClNO5. The third-order valence-corrected chi connectivity index (χ3v) is 3.45. The maximum atomic E-state index is 12.0. The summed E-state index contributed by atoms with van der Waals surface area (Å²) in [4.78, 5) is 34.1. The van der Waals surface area contributed by atoms with Gasteiger partial charge in [-0.15, -0.1) is 0 Å². The fourth-order valence-electron chi connectivity index (χ4n) is 1.53. The quantitative estimate of drug-likeness (QED) is 0.741. The van der Waals surface area contributed by atoms with Gasteiger partial charge in [0.15, 0.2) is 0 Å². The molecule has 0 bridgehead atoms. The number of aliphatic carboxylic acids is 1. The van der Waals surface area contributed by atoms with Crippen LogP contribution in [0.3, 0.4) is 0 Å². The summed E-state index contributed by atoms with van der Waals surface area (Å²) >= 11 is 9.13. The Morgan fingerprint density at radius 2 is 2.10 bits per heavy atom. The van der Waals surface area contributed by atoms with Crippen molar-refractivity contribution in [2.24, 2.45) is 0 Å². The molecular weight excluding hydrogens is 366 g/mol. The van der Waals surface area contributed by atoms with Gasteiger partial charge in [0.25, 0.3) is 5.91 Å². The third-order valence-electron chi connectivity index (χ3n) is 2.64. The zero-order valence-corrected chi connectivity index (χ0v) is 13.4. The van der Waals surface area contributed by atoms with Gasteiger partial charge in [-0.05, 0) is 24.6 Å². The molecule has 114 valence electrons. The molecule has 8 heteroatoms. The standard InChI is InChI=1S/C13H13BrClNO5/c1-21-11(17)5-4-10(13(19)20)16-12(18)8-3-2-7(14)6-9(8)15/h2-3,6,10H,4-5H2,1H3,(H,16,18)(H,19,20)/t10-/m1/s1. The number of carbonyl (C=O) groups excluding carboxylic acids is 2. The van der Waals surface area contributed by atoms with E-state index >= 15 is 0 Å². The fraction of sp³-hybridized carbons (Fsp3) is 0.308. The Labute approximate surface area is 134 Å². The third kappa shape index (κ3) is 5.35. The van der Waals surface area contributed by atoms with Gasteiger partial charge in [0.05, 0.1) is 17.7 Å². The minimum absolute atomic E-state index is 0.0676. The number of nitrogens with one attached hydrogen (secondary N) is 1. The summed E-state index contributed by atoms with van der Waals surface area (Å²) in [5.41, 5.74) is 0.157. The smallest absolute Gasteiger partial charge is 0.326 e. The van der Waals surface area contributed by atoms with Gasteiger partial charge in [-0.1, -0.05) is 27.5 Å². The summed E-state index contributed by atoms with van der Waals surface area (Å²) in [7, 11) is 1.21. The zero-order valence-electron chi connectivity index (χ0n) is 11.1. The van der Waals surface area contributed by atoms with Crippen molar-refractivity contribution >= 4 is 45.4 Å². The van der Waals surface area contributed by atoms with Crippen LogP contribution in [0.15, 0.2) is 22.7 Å². The number of carboxylic acid groups (broad SMARTS) is 1. The number of carboxylic acids is 1. The van der Waals surface area contributed by atoms with Crippen LogP contribution in [0.25, 0.3) is 0 Å². The Balaban J connectivity index is 2.76. The van der Waals surface area contributed by atoms with E-state index in [9.17, 15) is 14.4 Å². The largest absolute Gasteiger partial charge is 0.480 e. The van der Waals surface area contributed by atoms with Crippen LogP contribution in [0, 0.1) is 0 Å². The molecule has 0 radical (unpaired) electrons. The van der Waals surface area contributed by atoms with Crippen molar-refractivity contribution < 1.29 is 24.2 Å². The topological polar surface area (TPSA) is 92.7 Å². The molecule has 0 heterocycles. The summed E-state index contributed by atoms with van der Waals surface area (Å²) in [6.07, 6.45) is -0.177. The molecule has 21 heavy (non-hydrogen) atoms. The molecule has 1 rings (SSSR count). The van der Waals surface area contributed by atoms with Crippen LogP contribution in [0.1, 0.15) is 23.2 Å². The summed E-state index contributed by atoms with van der Waals surface area (Å²) < 4.78 is 5.13. The second-order valence-electron chi connectivity index (χ2n) is 4.10. The van der Waals surface area contributed by atoms with Crippen molar-refractivity contribution in [2.75, 3.05) is 7.11 Å². The number of hydrogen-bond donors (Lipinski definition) is 2. The molecule has 0 aliphatic heterocycles. The lowest BCUT2D eigenvalue weighted by atomic mass is 10.1. The average Bonchev–Trinajstić information content (AvgIpc) is 2.42. The lowest BCUT2D eigenvalue weighted by molar-refractivity contribution is -0.142. The monoisotopic (exact) mass is 377 g/mol. The number of halogens is 2. The van der Waals surface area contributed by atoms with Crippen LogP contribution >= 0.6 is 27.5 Å². The molecule has 0 spiro atoms. The van der Waals surface area contributed by atoms with Crippen LogP contribution in [0.4, 0.5) is 0 Å². The number of esters is 1. The molecule has 0 saturated carbocycles. The molecule has 6 nitrogen and oxygen atoms in total. The second kappa shape index (κ2) is 7.99. The molecule has 1 atom stereocenters. The van der Waals surface area contributed by atoms with Gasteiger partial charge in [-0.3, -0.25) is 9.59 Å². The van der Waals surface area contributed by atoms with E-state index in [1.807, 2.05) is 0 Å². The van der Waals surface area contributed by atoms with E-state index < -0.39 is 23.9 Å². The van der Waals surface area contributed by atoms with Crippen molar-refractivity contribution in [3.05, 3.63) is 33.3 Å². The maximum absolute atomic E-state index is 12.0. The number of methoxy groups -OCH3 is 1. The van der Waals surface area contributed by atoms with Crippen molar-refractivity contribution in [2.45, 2.75) is 18.9 Å². The maximum Gasteiger partial charge on any atom is 0.326 e. The highest BCUT2D eigenvalue weighted by Crippen LogP contribution is 2.21. The van der Waals surface area contributed by atoms with Gasteiger partial charge in [0.2, 0.25) is 0 Å². The molecule has 0 aliphatic carbocycles. The van der Waals surface area contributed by atoms with Gasteiger partial charge in [0.1, 0.15) is 6.04 Å². The predicted octanol–water partition coefficient (Wildman–Crippen LogP) is 2.24. The Morgan fingerprint density at radius 1 is 1.43 bits per heavy atom. The van der Waals surface area contributed by atoms with E-state index in [4.69, 9.17) is 16.7 Å². The van der Waals surface area contributed by atoms with Gasteiger partial charge in [-0.25, -0.2) is 4.79 Å². The average molecular weight is 379 g/mol. The SMILES string of the molecule is COC(=O)CC[C@@H](NC(=O)c1ccc(Br)cc1Cl)C(=O)O. The highest BCUT2D eigenvalue weighted by Gasteiger charge is 2.22. The van der Waals surface area contributed by atoms with E-state index in [0.717, 1.165) is 0 Å². The Bertz CT molecular complexity index is 563. The van der Waals surface area contributed by atoms with Crippen LogP contribution in [0.2, 0.25) is 5.02 Å². The van der Waals surface area contributed by atoms with Gasteiger partial charge in [-0.2, -0.15) is 0 Å². The van der Waals surface area contributed by atoms with Gasteiger partial charge >= 0.3 is 11.9 Å². The van der Waals surface area contributed by atoms with Crippen LogP contribution in [-0.4, -0.2) is 36.1 Å². The normalized spacial score (nSPS) is 11.6. The number of rotatable bonds is 6. The van der Waals surface area contributed by atoms with E-state index in [0.29, 0.717) is 4.47 Å². The molecule has 2 N–H and O–H groups in total. The Morgan fingerprint density at radius 3 is 2.62 bits per heavy atom. The summed E-state index contributed by atoms with van der Waals surface area (Å²) in [5.74, 6) is -2.40. The summed E-state index contributed by atoms with van der Waals surface area (Å²) in [5, 5.41) is 11.6. The number of carbonyl (C=O) groups is 3. The van der Waals surface area contributed by atoms with Gasteiger partial charge < -0.3 is 15.2 Å². The van der Waals surface area contributed by atoms with Crippen molar-refractivity contribution in [1.29, 1.82) is 0 Å². The first kappa shape index (κ1) is 17.5. The number of ether oxygens (including phenoxy) is 1. The molecule has 0 unspecified atom stereocenters. The zero-order chi connectivity index (χ0) is 16.0. The predicted molar refractivity (Wildman–Crippen MR) is 79.3 cm³/mol. The molecule has 0 fully saturated rings. The van der Waals surface area contributed by atoms with E-state index in [1.54, 1.807) is 6.07 Å². The minimum atomic E-state index is -1.24. The first-order valence-corrected chi connectivity index (χ1v) is 7.07. The summed E-state index contributed by atoms with van der Waals surface area (Å²) in [6.45, 7) is 0. The van der Waals surface area contributed by atoms with Crippen LogP contribution in [-0.2, 0) is 14.3 Å². The molecule has 0 aliphatic rings. The first-order valence-electron chi connectivity index (χ1n) is 5.90. The minimum Gasteiger partial charge on any atom is -0.480 e. The van der Waals surface area contributed by atoms with Crippen LogP contribution in [0.5, 0.6) is 0 Å². The first-order chi connectivity index (χ1) is 9.85. The van der Waals surface area contributed by atoms with Crippen molar-refractivity contribution in [1.82, 2.24) is 5.32 Å². The number of amides is 1. The molecule has 0 saturated heterocycles. The molecule has 1 amide bonds. The Kier molecular flexibility index (Phi) is 6.64. The second-order valence-corrected chi connectivity index (χ2v) is 5.43. The molecule has 1 aromatic rings. The van der Waals surface area contributed by atoms with E-state index in [1.165, 1.54) is 19.2 Å². The highest BCUT2D eigenvalue weighted by molar-refractivity contribution is 9.10. The fourth-order valence-corrected chi connectivity index (χ4v) is 2.29. The summed E-state index contributed by atoms with van der Waals surface area (Å²) in [6, 6.07) is 3.42. The lowest BCUT2D eigenvalue weighted by Crippen LogP contribution is -2.41. The van der Waals surface area contributed by atoms with E-state index in [2.05, 4.69) is 26.0 Å². The number of benzene rings is 1. The van der Waals surface area contributed by atoms with Crippen LogP contribution < -0.4 is 5.32 Å². The Hall–Kier alpha value is -1.60. The van der Waals surface area contributed by atoms with Gasteiger partial charge in [0, 0.05) is 10.9 Å². The molecule has 1 aromatic carbocycles. The highest BCUT2D eigenvalue weighted by atomic mass is 79.9. The van der Waals surface area contributed by atoms with Crippen molar-refractivity contribution in [3.63, 3.8) is 0 Å². The number of hydrogen-bond acceptors (Lipinski definition) is 4. The lowest BCUT2D eigenvalue weighted by Gasteiger charge is -2.14. The molecule has 0 aromatic heterocycles. The van der Waals surface area contributed by atoms with Crippen molar-refractivity contribution in [3.8, 4) is 0 Å².